The van der Waals surface area contributed by atoms with Gasteiger partial charge < -0.3 is 4.98 Å². The Morgan fingerprint density at radius 2 is 1.83 bits per heavy atom. The minimum Gasteiger partial charge on any atom is -0.340 e. The maximum atomic E-state index is 13.6. The summed E-state index contributed by atoms with van der Waals surface area (Å²) in [6.45, 7) is 6.82. The molecule has 1 aliphatic carbocycles. The van der Waals surface area contributed by atoms with E-state index in [-0.39, 0.29) is 17.2 Å². The molecule has 4 aromatic rings. The van der Waals surface area contributed by atoms with E-state index in [4.69, 9.17) is 14.3 Å². The summed E-state index contributed by atoms with van der Waals surface area (Å²) in [4.78, 5) is 17.7. The number of benzene rings is 1. The van der Waals surface area contributed by atoms with Crippen molar-refractivity contribution in [1.29, 1.82) is 0 Å². The third-order valence-corrected chi connectivity index (χ3v) is 6.19. The molecular formula is C24H27FN6O3S. The molecule has 1 aromatic carbocycles. The second-order valence-corrected chi connectivity index (χ2v) is 11.6. The lowest BCUT2D eigenvalue weighted by Crippen LogP contribution is -2.14. The van der Waals surface area contributed by atoms with E-state index < -0.39 is 10.1 Å². The predicted molar refractivity (Wildman–Crippen MR) is 131 cm³/mol. The third kappa shape index (κ3) is 5.06. The van der Waals surface area contributed by atoms with E-state index in [9.17, 15) is 12.8 Å². The van der Waals surface area contributed by atoms with Gasteiger partial charge >= 0.3 is 0 Å². The van der Waals surface area contributed by atoms with Crippen LogP contribution in [0.25, 0.3) is 33.8 Å². The van der Waals surface area contributed by atoms with Gasteiger partial charge in [0.25, 0.3) is 10.1 Å². The highest BCUT2D eigenvalue weighted by Gasteiger charge is 2.27. The Balaban J connectivity index is 1.64. The first-order valence-electron chi connectivity index (χ1n) is 11.4. The lowest BCUT2D eigenvalue weighted by atomic mass is 9.96. The molecule has 0 atom stereocenters. The maximum absolute atomic E-state index is 13.6. The molecule has 3 heterocycles. The Morgan fingerprint density at radius 3 is 2.46 bits per heavy atom. The third-order valence-electron chi connectivity index (χ3n) is 5.80. The number of halogens is 1. The van der Waals surface area contributed by atoms with Gasteiger partial charge in [-0.3, -0.25) is 4.57 Å². The zero-order chi connectivity index (χ0) is 25.0. The lowest BCUT2D eigenvalue weighted by Gasteiger charge is -2.14. The minimum absolute atomic E-state index is 0.245. The molecule has 0 radical (unpaired) electrons. The molecule has 35 heavy (non-hydrogen) atoms. The summed E-state index contributed by atoms with van der Waals surface area (Å²) in [7, 11) is -3.72. The number of rotatable bonds is 7. The number of H-pyrrole nitrogens is 1. The van der Waals surface area contributed by atoms with Crippen molar-refractivity contribution in [2.75, 3.05) is 11.7 Å². The van der Waals surface area contributed by atoms with Crippen LogP contribution in [0.4, 0.5) is 10.3 Å². The molecule has 184 valence electrons. The summed E-state index contributed by atoms with van der Waals surface area (Å²) in [6, 6.07) is 9.88. The molecule has 0 aliphatic heterocycles. The molecule has 3 aromatic heterocycles. The molecule has 5 rings (SSSR count). The van der Waals surface area contributed by atoms with E-state index in [0.29, 0.717) is 40.7 Å². The fourth-order valence-corrected chi connectivity index (χ4v) is 4.02. The first-order valence-corrected chi connectivity index (χ1v) is 13.2. The Bertz CT molecular complexity index is 1500. The van der Waals surface area contributed by atoms with Crippen molar-refractivity contribution in [1.82, 2.24) is 24.5 Å². The van der Waals surface area contributed by atoms with Crippen LogP contribution in [0.15, 0.2) is 36.4 Å². The molecule has 2 N–H and O–H groups in total. The summed E-state index contributed by atoms with van der Waals surface area (Å²) >= 11 is 0. The molecule has 0 unspecified atom stereocenters. The molecule has 1 fully saturated rings. The molecule has 0 saturated heterocycles. The Morgan fingerprint density at radius 1 is 1.11 bits per heavy atom. The topological polar surface area (TPSA) is 115 Å². The number of nitrogens with zero attached hydrogens (tertiary/aromatic N) is 4. The van der Waals surface area contributed by atoms with Crippen molar-refractivity contribution >= 4 is 27.2 Å². The van der Waals surface area contributed by atoms with Gasteiger partial charge in [-0.25, -0.2) is 24.8 Å². The van der Waals surface area contributed by atoms with Crippen LogP contribution in [0, 0.1) is 11.7 Å². The SMILES string of the molecule is CC(C)(C)c1nc(-c2ccc(F)cc2)c(-c2ccc3nc(NOS(C)(=O)=O)n(CC4CC4)c3n2)[nH]1. The molecule has 1 saturated carbocycles. The smallest absolute Gasteiger partial charge is 0.285 e. The van der Waals surface area contributed by atoms with Gasteiger partial charge in [-0.2, -0.15) is 8.42 Å². The highest BCUT2D eigenvalue weighted by molar-refractivity contribution is 7.86. The fraction of sp³-hybridized carbons (Fsp3) is 0.375. The van der Waals surface area contributed by atoms with Gasteiger partial charge in [0, 0.05) is 17.5 Å². The molecule has 1 aliphatic rings. The summed E-state index contributed by atoms with van der Waals surface area (Å²) < 4.78 is 43.2. The number of nitrogens with one attached hydrogen (secondary N) is 2. The largest absolute Gasteiger partial charge is 0.340 e. The van der Waals surface area contributed by atoms with E-state index in [0.717, 1.165) is 30.5 Å². The number of aromatic amines is 1. The van der Waals surface area contributed by atoms with Gasteiger partial charge in [0.05, 0.1) is 23.3 Å². The van der Waals surface area contributed by atoms with Crippen molar-refractivity contribution in [3.05, 3.63) is 48.0 Å². The Labute approximate surface area is 202 Å². The van der Waals surface area contributed by atoms with Gasteiger partial charge in [0.2, 0.25) is 5.95 Å². The van der Waals surface area contributed by atoms with Crippen molar-refractivity contribution in [2.24, 2.45) is 5.92 Å². The van der Waals surface area contributed by atoms with Crippen LogP contribution in [0.3, 0.4) is 0 Å². The molecule has 11 heteroatoms. The van der Waals surface area contributed by atoms with Crippen LogP contribution in [0.2, 0.25) is 0 Å². The van der Waals surface area contributed by atoms with Crippen LogP contribution < -0.4 is 5.48 Å². The quantitative estimate of drug-likeness (QED) is 0.357. The lowest BCUT2D eigenvalue weighted by molar-refractivity contribution is 0.387. The van der Waals surface area contributed by atoms with Crippen molar-refractivity contribution < 1.29 is 17.1 Å². The average Bonchev–Trinajstić information content (AvgIpc) is 3.37. The molecule has 0 amide bonds. The zero-order valence-corrected chi connectivity index (χ0v) is 20.8. The van der Waals surface area contributed by atoms with Crippen molar-refractivity contribution in [3.63, 3.8) is 0 Å². The summed E-state index contributed by atoms with van der Waals surface area (Å²) in [6.07, 6.45) is 3.15. The van der Waals surface area contributed by atoms with Gasteiger partial charge in [0.15, 0.2) is 5.65 Å². The van der Waals surface area contributed by atoms with Gasteiger partial charge in [-0.05, 0) is 55.2 Å². The number of fused-ring (bicyclic) bond motifs is 1. The Kier molecular flexibility index (Phi) is 5.64. The second-order valence-electron chi connectivity index (χ2n) is 9.98. The van der Waals surface area contributed by atoms with E-state index in [2.05, 4.69) is 36.2 Å². The maximum Gasteiger partial charge on any atom is 0.285 e. The summed E-state index contributed by atoms with van der Waals surface area (Å²) in [5.74, 6) is 1.22. The van der Waals surface area contributed by atoms with E-state index in [1.165, 1.54) is 12.1 Å². The van der Waals surface area contributed by atoms with Crippen LogP contribution in [0.5, 0.6) is 0 Å². The standard InChI is InChI=1S/C24H27FN6O3S/c1-24(2,3)22-28-19(15-7-9-16(25)10-8-15)20(29-22)17-11-12-18-21(26-17)31(13-14-5-6-14)23(27-18)30-34-35(4,32)33/h7-12,14H,5-6,13H2,1-4H3,(H,27,30)(H,28,29). The highest BCUT2D eigenvalue weighted by Crippen LogP contribution is 2.36. The Hall–Kier alpha value is -3.31. The van der Waals surface area contributed by atoms with E-state index in [1.807, 2.05) is 16.7 Å². The normalized spacial score (nSPS) is 14.5. The van der Waals surface area contributed by atoms with Crippen molar-refractivity contribution in [2.45, 2.75) is 45.6 Å². The fourth-order valence-electron chi connectivity index (χ4n) is 3.79. The number of hydrogen-bond acceptors (Lipinski definition) is 7. The van der Waals surface area contributed by atoms with E-state index >= 15 is 0 Å². The monoisotopic (exact) mass is 498 g/mol. The highest BCUT2D eigenvalue weighted by atomic mass is 32.2. The molecule has 0 spiro atoms. The van der Waals surface area contributed by atoms with E-state index in [1.54, 1.807) is 12.1 Å². The zero-order valence-electron chi connectivity index (χ0n) is 20.0. The summed E-state index contributed by atoms with van der Waals surface area (Å²) in [5, 5.41) is 0. The summed E-state index contributed by atoms with van der Waals surface area (Å²) in [5.41, 5.74) is 6.23. The van der Waals surface area contributed by atoms with Crippen LogP contribution >= 0.6 is 0 Å². The predicted octanol–water partition coefficient (Wildman–Crippen LogP) is 4.64. The van der Waals surface area contributed by atoms with Gasteiger partial charge in [-0.15, -0.1) is 4.28 Å². The van der Waals surface area contributed by atoms with Gasteiger partial charge in [-0.1, -0.05) is 20.8 Å². The number of anilines is 1. The minimum atomic E-state index is -3.72. The molecular weight excluding hydrogens is 471 g/mol. The second kappa shape index (κ2) is 8.42. The van der Waals surface area contributed by atoms with Crippen molar-refractivity contribution in [3.8, 4) is 22.6 Å². The molecule has 9 nitrogen and oxygen atoms in total. The van der Waals surface area contributed by atoms with Gasteiger partial charge in [0.1, 0.15) is 17.2 Å². The van der Waals surface area contributed by atoms with Crippen LogP contribution in [-0.2, 0) is 26.4 Å². The van der Waals surface area contributed by atoms with Crippen LogP contribution in [0.1, 0.15) is 39.4 Å². The number of hydrogen-bond donors (Lipinski definition) is 2. The first-order chi connectivity index (χ1) is 16.5. The van der Waals surface area contributed by atoms with Crippen LogP contribution in [-0.4, -0.2) is 39.2 Å². The number of imidazole rings is 2. The number of aromatic nitrogens is 5. The number of pyridine rings is 1. The molecule has 0 bridgehead atoms. The first kappa shape index (κ1) is 23.4. The average molecular weight is 499 g/mol.